The second kappa shape index (κ2) is 11.7. The molecule has 0 saturated carbocycles. The minimum atomic E-state index is -4.32. The van der Waals surface area contributed by atoms with Crippen molar-refractivity contribution in [1.82, 2.24) is 9.80 Å². The van der Waals surface area contributed by atoms with E-state index in [0.29, 0.717) is 44.2 Å². The van der Waals surface area contributed by atoms with E-state index in [0.717, 1.165) is 35.6 Å². The van der Waals surface area contributed by atoms with Crippen LogP contribution in [-0.2, 0) is 19.5 Å². The topological polar surface area (TPSA) is 79.4 Å². The summed E-state index contributed by atoms with van der Waals surface area (Å²) in [7, 11) is -4.32. The molecule has 1 amide bonds. The highest BCUT2D eigenvalue weighted by Gasteiger charge is 2.37. The van der Waals surface area contributed by atoms with Crippen LogP contribution in [0.25, 0.3) is 0 Å². The van der Waals surface area contributed by atoms with Crippen LogP contribution in [0.3, 0.4) is 0 Å². The van der Waals surface area contributed by atoms with Crippen molar-refractivity contribution in [1.29, 1.82) is 0 Å². The number of amides is 1. The summed E-state index contributed by atoms with van der Waals surface area (Å²) in [6.07, 6.45) is 0.240. The van der Waals surface area contributed by atoms with Crippen molar-refractivity contribution in [2.24, 2.45) is 0 Å². The van der Waals surface area contributed by atoms with Gasteiger partial charge in [-0.05, 0) is 49.2 Å². The molecule has 12 heteroatoms. The molecule has 1 atom stereocenters. The molecule has 1 unspecified atom stereocenters. The summed E-state index contributed by atoms with van der Waals surface area (Å²) in [6.45, 7) is 3.89. The quantitative estimate of drug-likeness (QED) is 0.529. The molecule has 0 radical (unpaired) electrons. The molecule has 2 aromatic rings. The molecule has 0 aromatic heterocycles. The fourth-order valence-corrected chi connectivity index (χ4v) is 6.18. The van der Waals surface area contributed by atoms with Crippen molar-refractivity contribution in [2.45, 2.75) is 23.8 Å². The fourth-order valence-electron chi connectivity index (χ4n) is 4.39. The van der Waals surface area contributed by atoms with E-state index in [9.17, 15) is 22.0 Å². The summed E-state index contributed by atoms with van der Waals surface area (Å²) in [4.78, 5) is 16.2. The molecule has 8 nitrogen and oxygen atoms in total. The molecular formula is C24H28ClF2N3O5S. The van der Waals surface area contributed by atoms with Gasteiger partial charge in [-0.1, -0.05) is 11.6 Å². The molecule has 2 aromatic carbocycles. The monoisotopic (exact) mass is 543 g/mol. The molecule has 0 aliphatic carbocycles. The lowest BCUT2D eigenvalue weighted by molar-refractivity contribution is 0.0238. The van der Waals surface area contributed by atoms with E-state index in [1.54, 1.807) is 0 Å². The highest BCUT2D eigenvalue weighted by atomic mass is 35.5. The molecule has 0 spiro atoms. The van der Waals surface area contributed by atoms with Gasteiger partial charge in [0.05, 0.1) is 29.8 Å². The van der Waals surface area contributed by atoms with Gasteiger partial charge in [-0.15, -0.1) is 0 Å². The number of halogens is 3. The number of nitrogens with zero attached hydrogens (tertiary/aromatic N) is 3. The van der Waals surface area contributed by atoms with E-state index < -0.39 is 39.5 Å². The number of carbonyl (C=O) groups is 1. The third-order valence-electron chi connectivity index (χ3n) is 6.24. The molecule has 0 N–H and O–H groups in total. The number of anilines is 1. The van der Waals surface area contributed by atoms with Crippen molar-refractivity contribution < 1.29 is 31.5 Å². The Morgan fingerprint density at radius 1 is 1.11 bits per heavy atom. The maximum atomic E-state index is 14.9. The zero-order valence-corrected chi connectivity index (χ0v) is 21.2. The number of carbonyl (C=O) groups excluding carboxylic acids is 1. The first-order valence-electron chi connectivity index (χ1n) is 11.7. The van der Waals surface area contributed by atoms with Gasteiger partial charge >= 0.3 is 6.09 Å². The van der Waals surface area contributed by atoms with Gasteiger partial charge in [-0.2, -0.15) is 0 Å². The van der Waals surface area contributed by atoms with Crippen molar-refractivity contribution in [3.63, 3.8) is 0 Å². The van der Waals surface area contributed by atoms with Gasteiger partial charge in [0.25, 0.3) is 10.0 Å². The lowest BCUT2D eigenvalue weighted by Crippen LogP contribution is -2.52. The fraction of sp³-hybridized carbons (Fsp3) is 0.458. The van der Waals surface area contributed by atoms with Crippen molar-refractivity contribution >= 4 is 33.4 Å². The normalized spacial score (nSPS) is 19.2. The molecule has 36 heavy (non-hydrogen) atoms. The lowest BCUT2D eigenvalue weighted by atomic mass is 10.1. The van der Waals surface area contributed by atoms with Crippen molar-refractivity contribution in [3.8, 4) is 0 Å². The lowest BCUT2D eigenvalue weighted by Gasteiger charge is -2.39. The first kappa shape index (κ1) is 26.6. The Balaban J connectivity index is 1.54. The summed E-state index contributed by atoms with van der Waals surface area (Å²) in [5, 5.41) is 0.334. The van der Waals surface area contributed by atoms with Crippen LogP contribution in [0.4, 0.5) is 19.3 Å². The number of likely N-dealkylation sites (tertiary alicyclic amines) is 1. The number of hydrogen-bond donors (Lipinski definition) is 0. The van der Waals surface area contributed by atoms with Crippen LogP contribution in [0.15, 0.2) is 47.4 Å². The average molecular weight is 544 g/mol. The standard InChI is InChI=1S/C24H28ClF2N3O5S/c25-18-3-6-21(7-4-18)36(32,33)30(23-16-19(26)5-8-22(23)27)20-2-1-9-29(17-20)24(31)35-15-12-28-10-13-34-14-11-28/h3-8,16,20H,1-2,9-15,17H2. The first-order chi connectivity index (χ1) is 17.3. The van der Waals surface area contributed by atoms with E-state index in [4.69, 9.17) is 21.1 Å². The second-order valence-corrected chi connectivity index (χ2v) is 10.9. The zero-order chi connectivity index (χ0) is 25.7. The second-order valence-electron chi connectivity index (χ2n) is 8.66. The van der Waals surface area contributed by atoms with Crippen molar-refractivity contribution in [2.75, 3.05) is 56.8 Å². The van der Waals surface area contributed by atoms with Gasteiger partial charge in [0.2, 0.25) is 0 Å². The Labute approximate surface area is 214 Å². The molecule has 2 fully saturated rings. The highest BCUT2D eigenvalue weighted by Crippen LogP contribution is 2.33. The molecule has 0 bridgehead atoms. The molecule has 4 rings (SSSR count). The Bertz CT molecular complexity index is 1160. The van der Waals surface area contributed by atoms with Gasteiger partial charge in [0.15, 0.2) is 0 Å². The summed E-state index contributed by atoms with van der Waals surface area (Å²) in [5.74, 6) is -1.67. The van der Waals surface area contributed by atoms with Gasteiger partial charge in [0.1, 0.15) is 18.2 Å². The van der Waals surface area contributed by atoms with Gasteiger partial charge in [-0.25, -0.2) is 22.0 Å². The Hall–Kier alpha value is -2.47. The third kappa shape index (κ3) is 6.26. The van der Waals surface area contributed by atoms with Crippen LogP contribution >= 0.6 is 11.6 Å². The largest absolute Gasteiger partial charge is 0.448 e. The number of ether oxygens (including phenoxy) is 2. The van der Waals surface area contributed by atoms with Gasteiger partial charge < -0.3 is 14.4 Å². The zero-order valence-electron chi connectivity index (χ0n) is 19.6. The molecule has 196 valence electrons. The average Bonchev–Trinajstić information content (AvgIpc) is 2.87. The summed E-state index contributed by atoms with van der Waals surface area (Å²) >= 11 is 5.91. The maximum Gasteiger partial charge on any atom is 0.409 e. The first-order valence-corrected chi connectivity index (χ1v) is 13.5. The summed E-state index contributed by atoms with van der Waals surface area (Å²) in [6, 6.07) is 7.26. The number of rotatable bonds is 7. The van der Waals surface area contributed by atoms with Crippen LogP contribution in [0.1, 0.15) is 12.8 Å². The molecule has 2 aliphatic rings. The molecule has 2 aliphatic heterocycles. The molecule has 2 heterocycles. The summed E-state index contributed by atoms with van der Waals surface area (Å²) in [5.41, 5.74) is -0.419. The van der Waals surface area contributed by atoms with Crippen LogP contribution < -0.4 is 4.31 Å². The minimum Gasteiger partial charge on any atom is -0.448 e. The van der Waals surface area contributed by atoms with Crippen LogP contribution in [0.2, 0.25) is 5.02 Å². The smallest absolute Gasteiger partial charge is 0.409 e. The third-order valence-corrected chi connectivity index (χ3v) is 8.37. The minimum absolute atomic E-state index is 0.0286. The predicted octanol–water partition coefficient (Wildman–Crippen LogP) is 3.75. The maximum absolute atomic E-state index is 14.9. The van der Waals surface area contributed by atoms with Crippen LogP contribution in [-0.4, -0.2) is 82.9 Å². The van der Waals surface area contributed by atoms with Gasteiger partial charge in [-0.3, -0.25) is 9.21 Å². The SMILES string of the molecule is O=C(OCCN1CCOCC1)N1CCCC(N(c2cc(F)ccc2F)S(=O)(=O)c2ccc(Cl)cc2)C1. The Kier molecular flexibility index (Phi) is 8.66. The molecule has 2 saturated heterocycles. The number of benzene rings is 2. The van der Waals surface area contributed by atoms with E-state index >= 15 is 0 Å². The Morgan fingerprint density at radius 3 is 2.56 bits per heavy atom. The van der Waals surface area contributed by atoms with E-state index in [1.165, 1.54) is 29.2 Å². The number of morpholine rings is 1. The Morgan fingerprint density at radius 2 is 1.83 bits per heavy atom. The van der Waals surface area contributed by atoms with E-state index in [-0.39, 0.29) is 18.0 Å². The van der Waals surface area contributed by atoms with Crippen molar-refractivity contribution in [3.05, 3.63) is 59.1 Å². The van der Waals surface area contributed by atoms with E-state index in [1.807, 2.05) is 0 Å². The molecular weight excluding hydrogens is 516 g/mol. The van der Waals surface area contributed by atoms with Crippen LogP contribution in [0.5, 0.6) is 0 Å². The van der Waals surface area contributed by atoms with E-state index in [2.05, 4.69) is 4.90 Å². The number of hydrogen-bond acceptors (Lipinski definition) is 6. The predicted molar refractivity (Wildman–Crippen MR) is 131 cm³/mol. The van der Waals surface area contributed by atoms with Crippen LogP contribution in [0, 0.1) is 11.6 Å². The summed E-state index contributed by atoms with van der Waals surface area (Å²) < 4.78 is 67.9. The number of piperidine rings is 1. The van der Waals surface area contributed by atoms with Gasteiger partial charge in [0, 0.05) is 43.8 Å². The number of sulfonamides is 1. The highest BCUT2D eigenvalue weighted by molar-refractivity contribution is 7.92.